The average Bonchev–Trinajstić information content (AvgIpc) is 2.12. The lowest BCUT2D eigenvalue weighted by Crippen LogP contribution is -2.15. The maximum absolute atomic E-state index is 13.2. The van der Waals surface area contributed by atoms with Crippen LogP contribution >= 0.6 is 27.5 Å². The van der Waals surface area contributed by atoms with E-state index in [1.54, 1.807) is 6.92 Å². The van der Waals surface area contributed by atoms with Crippen molar-refractivity contribution >= 4 is 33.3 Å². The summed E-state index contributed by atoms with van der Waals surface area (Å²) in [6, 6.07) is 2.62. The standard InChI is InChI=1S/C11H11BrClFO2/c1-6(15)3-7(2)16-11-5-10(14)9(13)4-8(11)12/h4-5,7H,3H2,1-2H3. The van der Waals surface area contributed by atoms with Gasteiger partial charge >= 0.3 is 0 Å². The quantitative estimate of drug-likeness (QED) is 0.786. The van der Waals surface area contributed by atoms with Crippen LogP contribution in [0.5, 0.6) is 5.75 Å². The Hall–Kier alpha value is -0.610. The van der Waals surface area contributed by atoms with Crippen molar-refractivity contribution in [2.75, 3.05) is 0 Å². The molecular formula is C11H11BrClFO2. The van der Waals surface area contributed by atoms with Gasteiger partial charge in [-0.1, -0.05) is 11.6 Å². The molecule has 0 heterocycles. The van der Waals surface area contributed by atoms with Crippen molar-refractivity contribution in [1.82, 2.24) is 0 Å². The van der Waals surface area contributed by atoms with Crippen LogP contribution in [0, 0.1) is 5.82 Å². The Morgan fingerprint density at radius 2 is 2.25 bits per heavy atom. The topological polar surface area (TPSA) is 26.3 Å². The molecule has 0 aliphatic rings. The molecule has 1 atom stereocenters. The van der Waals surface area contributed by atoms with Crippen molar-refractivity contribution < 1.29 is 13.9 Å². The van der Waals surface area contributed by atoms with E-state index < -0.39 is 5.82 Å². The molecule has 1 aromatic rings. The third kappa shape index (κ3) is 3.76. The Kier molecular flexibility index (Phi) is 4.74. The lowest BCUT2D eigenvalue weighted by atomic mass is 10.2. The second-order valence-corrected chi connectivity index (χ2v) is 4.79. The number of hydrogen-bond donors (Lipinski definition) is 0. The Bertz CT molecular complexity index is 409. The van der Waals surface area contributed by atoms with Gasteiger partial charge in [0.15, 0.2) is 0 Å². The van der Waals surface area contributed by atoms with Crippen LogP contribution in [-0.4, -0.2) is 11.9 Å². The highest BCUT2D eigenvalue weighted by Gasteiger charge is 2.12. The molecule has 0 amide bonds. The van der Waals surface area contributed by atoms with Gasteiger partial charge in [0.05, 0.1) is 9.50 Å². The Morgan fingerprint density at radius 3 is 2.81 bits per heavy atom. The highest BCUT2D eigenvalue weighted by molar-refractivity contribution is 9.10. The number of carbonyl (C=O) groups is 1. The van der Waals surface area contributed by atoms with E-state index in [2.05, 4.69) is 15.9 Å². The van der Waals surface area contributed by atoms with Crippen LogP contribution in [-0.2, 0) is 4.79 Å². The summed E-state index contributed by atoms with van der Waals surface area (Å²) in [4.78, 5) is 10.9. The van der Waals surface area contributed by atoms with Crippen molar-refractivity contribution in [3.8, 4) is 5.75 Å². The minimum absolute atomic E-state index is 0.0260. The zero-order valence-electron chi connectivity index (χ0n) is 8.89. The largest absolute Gasteiger partial charge is 0.489 e. The van der Waals surface area contributed by atoms with Crippen LogP contribution in [0.4, 0.5) is 4.39 Å². The summed E-state index contributed by atoms with van der Waals surface area (Å²) < 4.78 is 19.2. The number of benzene rings is 1. The van der Waals surface area contributed by atoms with Crippen LogP contribution in [0.2, 0.25) is 5.02 Å². The highest BCUT2D eigenvalue weighted by Crippen LogP contribution is 2.31. The maximum atomic E-state index is 13.2. The molecule has 0 saturated carbocycles. The van der Waals surface area contributed by atoms with Gasteiger partial charge in [-0.2, -0.15) is 0 Å². The summed E-state index contributed by atoms with van der Waals surface area (Å²) in [5.74, 6) is -0.177. The van der Waals surface area contributed by atoms with Gasteiger partial charge in [-0.05, 0) is 35.8 Å². The molecule has 0 radical (unpaired) electrons. The molecule has 0 bridgehead atoms. The predicted octanol–water partition coefficient (Wildman–Crippen LogP) is 3.99. The molecule has 0 N–H and O–H groups in total. The predicted molar refractivity (Wildman–Crippen MR) is 64.5 cm³/mol. The summed E-state index contributed by atoms with van der Waals surface area (Å²) in [6.07, 6.45) is -0.00850. The van der Waals surface area contributed by atoms with E-state index in [1.807, 2.05) is 0 Å². The van der Waals surface area contributed by atoms with Crippen molar-refractivity contribution in [3.63, 3.8) is 0 Å². The van der Waals surface area contributed by atoms with Crippen molar-refractivity contribution in [2.45, 2.75) is 26.4 Å². The third-order valence-corrected chi connectivity index (χ3v) is 2.79. The van der Waals surface area contributed by atoms with Crippen LogP contribution in [0.25, 0.3) is 0 Å². The molecule has 0 spiro atoms. The van der Waals surface area contributed by atoms with Gasteiger partial charge in [0.25, 0.3) is 0 Å². The zero-order valence-corrected chi connectivity index (χ0v) is 11.2. The molecule has 2 nitrogen and oxygen atoms in total. The summed E-state index contributed by atoms with van der Waals surface area (Å²) in [7, 11) is 0. The Morgan fingerprint density at radius 1 is 1.62 bits per heavy atom. The van der Waals surface area contributed by atoms with Gasteiger partial charge in [-0.15, -0.1) is 0 Å². The lowest BCUT2D eigenvalue weighted by Gasteiger charge is -2.14. The molecule has 1 rings (SSSR count). The highest BCUT2D eigenvalue weighted by atomic mass is 79.9. The Labute approximate surface area is 107 Å². The molecule has 5 heteroatoms. The van der Waals surface area contributed by atoms with Crippen molar-refractivity contribution in [2.24, 2.45) is 0 Å². The molecule has 0 saturated heterocycles. The zero-order chi connectivity index (χ0) is 12.3. The van der Waals surface area contributed by atoms with Gasteiger partial charge in [0.2, 0.25) is 0 Å². The first kappa shape index (κ1) is 13.5. The smallest absolute Gasteiger partial charge is 0.145 e. The molecule has 1 unspecified atom stereocenters. The first-order valence-corrected chi connectivity index (χ1v) is 5.88. The Balaban J connectivity index is 2.81. The fourth-order valence-electron chi connectivity index (χ4n) is 1.26. The summed E-state index contributed by atoms with van der Waals surface area (Å²) >= 11 is 8.81. The summed E-state index contributed by atoms with van der Waals surface area (Å²) in [5, 5.41) is 0.0263. The molecule has 0 aliphatic carbocycles. The van der Waals surface area contributed by atoms with Crippen LogP contribution < -0.4 is 4.74 Å². The molecule has 0 fully saturated rings. The van der Waals surface area contributed by atoms with E-state index in [4.69, 9.17) is 16.3 Å². The monoisotopic (exact) mass is 308 g/mol. The number of rotatable bonds is 4. The van der Waals surface area contributed by atoms with E-state index in [1.165, 1.54) is 19.1 Å². The second kappa shape index (κ2) is 5.64. The first-order chi connectivity index (χ1) is 7.40. The minimum Gasteiger partial charge on any atom is -0.489 e. The summed E-state index contributed by atoms with van der Waals surface area (Å²) in [5.41, 5.74) is 0. The second-order valence-electron chi connectivity index (χ2n) is 3.53. The van der Waals surface area contributed by atoms with Gasteiger partial charge in [-0.3, -0.25) is 4.79 Å². The molecular weight excluding hydrogens is 298 g/mol. The molecule has 0 aromatic heterocycles. The van der Waals surface area contributed by atoms with E-state index in [0.717, 1.165) is 0 Å². The third-order valence-electron chi connectivity index (χ3n) is 1.88. The van der Waals surface area contributed by atoms with Crippen LogP contribution in [0.3, 0.4) is 0 Å². The number of halogens is 3. The SMILES string of the molecule is CC(=O)CC(C)Oc1cc(F)c(Cl)cc1Br. The van der Waals surface area contributed by atoms with Gasteiger partial charge in [0, 0.05) is 12.5 Å². The van der Waals surface area contributed by atoms with Gasteiger partial charge < -0.3 is 4.74 Å². The lowest BCUT2D eigenvalue weighted by molar-refractivity contribution is -0.118. The van der Waals surface area contributed by atoms with E-state index in [9.17, 15) is 9.18 Å². The molecule has 16 heavy (non-hydrogen) atoms. The van der Waals surface area contributed by atoms with E-state index in [0.29, 0.717) is 10.2 Å². The van der Waals surface area contributed by atoms with Crippen molar-refractivity contribution in [1.29, 1.82) is 0 Å². The molecule has 0 aliphatic heterocycles. The maximum Gasteiger partial charge on any atom is 0.145 e. The fourth-order valence-corrected chi connectivity index (χ4v) is 1.99. The first-order valence-electron chi connectivity index (χ1n) is 4.70. The van der Waals surface area contributed by atoms with Crippen LogP contribution in [0.15, 0.2) is 16.6 Å². The minimum atomic E-state index is -0.546. The molecule has 88 valence electrons. The van der Waals surface area contributed by atoms with Crippen LogP contribution in [0.1, 0.15) is 20.3 Å². The number of Topliss-reactive ketones (excluding diaryl/α,β-unsaturated/α-hetero) is 1. The van der Waals surface area contributed by atoms with Gasteiger partial charge in [0.1, 0.15) is 23.5 Å². The number of ketones is 1. The van der Waals surface area contributed by atoms with E-state index in [-0.39, 0.29) is 23.3 Å². The number of carbonyl (C=O) groups excluding carboxylic acids is 1. The number of hydrogen-bond acceptors (Lipinski definition) is 2. The van der Waals surface area contributed by atoms with Gasteiger partial charge in [-0.25, -0.2) is 4.39 Å². The van der Waals surface area contributed by atoms with E-state index >= 15 is 0 Å². The number of ether oxygens (including phenoxy) is 1. The summed E-state index contributed by atoms with van der Waals surface area (Å²) in [6.45, 7) is 3.23. The average molecular weight is 310 g/mol. The van der Waals surface area contributed by atoms with Crippen molar-refractivity contribution in [3.05, 3.63) is 27.4 Å². The molecule has 1 aromatic carbocycles. The fraction of sp³-hybridized carbons (Fsp3) is 0.364. The normalized spacial score (nSPS) is 12.3.